The van der Waals surface area contributed by atoms with E-state index in [0.29, 0.717) is 0 Å². The van der Waals surface area contributed by atoms with E-state index in [2.05, 4.69) is 0 Å². The zero-order chi connectivity index (χ0) is 20.1. The highest BCUT2D eigenvalue weighted by molar-refractivity contribution is 7.87. The first-order valence-corrected chi connectivity index (χ1v) is 9.81. The molecule has 0 spiro atoms. The van der Waals surface area contributed by atoms with Crippen LogP contribution in [0.4, 0.5) is 0 Å². The summed E-state index contributed by atoms with van der Waals surface area (Å²) in [5.41, 5.74) is 1.60. The fourth-order valence-electron chi connectivity index (χ4n) is 2.47. The van der Waals surface area contributed by atoms with E-state index < -0.39 is 16.1 Å². The summed E-state index contributed by atoms with van der Waals surface area (Å²) < 4.78 is 35.4. The largest absolute Gasteiger partial charge is 0.488 e. The van der Waals surface area contributed by atoms with Crippen LogP contribution in [-0.2, 0) is 16.7 Å². The summed E-state index contributed by atoms with van der Waals surface area (Å²) in [6, 6.07) is 19.3. The van der Waals surface area contributed by atoms with Crippen LogP contribution < -0.4 is 8.92 Å². The molecule has 1 N–H and O–H groups in total. The molecule has 0 aliphatic heterocycles. The Balaban J connectivity index is 1.82. The lowest BCUT2D eigenvalue weighted by molar-refractivity contribution is 0.0691. The fraction of sp³-hybridized carbons (Fsp3) is 0.0952. The summed E-state index contributed by atoms with van der Waals surface area (Å²) in [6.07, 6.45) is 0. The molecule has 7 heteroatoms. The Morgan fingerprint density at radius 2 is 1.64 bits per heavy atom. The zero-order valence-corrected chi connectivity index (χ0v) is 15.8. The average molecular weight is 398 g/mol. The number of benzene rings is 3. The van der Waals surface area contributed by atoms with Crippen LogP contribution >= 0.6 is 0 Å². The second kappa shape index (κ2) is 8.14. The molecule has 0 unspecified atom stereocenters. The van der Waals surface area contributed by atoms with E-state index in [0.717, 1.165) is 17.2 Å². The van der Waals surface area contributed by atoms with Gasteiger partial charge in [0.05, 0.1) is 0 Å². The van der Waals surface area contributed by atoms with Gasteiger partial charge in [0, 0.05) is 6.07 Å². The number of carbonyl (C=O) groups is 1. The highest BCUT2D eigenvalue weighted by Crippen LogP contribution is 2.27. The number of rotatable bonds is 7. The number of carboxylic acids is 1. The molecule has 3 rings (SSSR count). The number of aromatic carboxylic acids is 1. The second-order valence-electron chi connectivity index (χ2n) is 6.09. The molecule has 0 heterocycles. The Hall–Kier alpha value is -3.32. The molecular weight excluding hydrogens is 380 g/mol. The van der Waals surface area contributed by atoms with Crippen LogP contribution in [0.2, 0.25) is 0 Å². The van der Waals surface area contributed by atoms with Crippen LogP contribution in [0.15, 0.2) is 77.7 Å². The first-order chi connectivity index (χ1) is 13.3. The Morgan fingerprint density at radius 1 is 0.964 bits per heavy atom. The molecular formula is C21H18O6S. The minimum absolute atomic E-state index is 0.0145. The lowest BCUT2D eigenvalue weighted by Crippen LogP contribution is -2.11. The quantitative estimate of drug-likeness (QED) is 0.604. The van der Waals surface area contributed by atoms with E-state index in [9.17, 15) is 18.3 Å². The number of hydrogen-bond acceptors (Lipinski definition) is 5. The van der Waals surface area contributed by atoms with Crippen molar-refractivity contribution < 1.29 is 27.2 Å². The summed E-state index contributed by atoms with van der Waals surface area (Å²) in [4.78, 5) is 11.6. The normalized spacial score (nSPS) is 11.0. The smallest absolute Gasteiger partial charge is 0.339 e. The van der Waals surface area contributed by atoms with E-state index in [1.54, 1.807) is 12.1 Å². The zero-order valence-electron chi connectivity index (χ0n) is 15.0. The molecule has 0 fully saturated rings. The maximum Gasteiger partial charge on any atom is 0.339 e. The predicted molar refractivity (Wildman–Crippen MR) is 103 cm³/mol. The first-order valence-electron chi connectivity index (χ1n) is 8.40. The van der Waals surface area contributed by atoms with Crippen molar-refractivity contribution in [2.24, 2.45) is 0 Å². The van der Waals surface area contributed by atoms with E-state index in [1.165, 1.54) is 24.3 Å². The molecule has 6 nitrogen and oxygen atoms in total. The minimum atomic E-state index is -4.07. The summed E-state index contributed by atoms with van der Waals surface area (Å²) in [5, 5.41) is 9.45. The van der Waals surface area contributed by atoms with Gasteiger partial charge in [0.1, 0.15) is 28.6 Å². The number of ether oxygens (including phenoxy) is 1. The lowest BCUT2D eigenvalue weighted by Gasteiger charge is -2.12. The fourth-order valence-corrected chi connectivity index (χ4v) is 3.39. The molecule has 0 saturated carbocycles. The van der Waals surface area contributed by atoms with Crippen molar-refractivity contribution in [2.75, 3.05) is 0 Å². The van der Waals surface area contributed by atoms with Gasteiger partial charge in [-0.1, -0.05) is 48.0 Å². The summed E-state index contributed by atoms with van der Waals surface area (Å²) in [6.45, 7) is 2.02. The van der Waals surface area contributed by atoms with E-state index >= 15 is 0 Å². The van der Waals surface area contributed by atoms with E-state index in [-0.39, 0.29) is 28.6 Å². The molecule has 0 atom stereocenters. The van der Waals surface area contributed by atoms with Gasteiger partial charge in [-0.3, -0.25) is 0 Å². The Kier molecular flexibility index (Phi) is 5.65. The van der Waals surface area contributed by atoms with Crippen molar-refractivity contribution >= 4 is 16.1 Å². The summed E-state index contributed by atoms with van der Waals surface area (Å²) in [7, 11) is -4.07. The minimum Gasteiger partial charge on any atom is -0.488 e. The van der Waals surface area contributed by atoms with E-state index in [4.69, 9.17) is 8.92 Å². The molecule has 0 aromatic heterocycles. The van der Waals surface area contributed by atoms with E-state index in [1.807, 2.05) is 37.3 Å². The maximum absolute atomic E-state index is 12.4. The van der Waals surface area contributed by atoms with Crippen LogP contribution in [0.5, 0.6) is 11.5 Å². The molecule has 0 radical (unpaired) electrons. The van der Waals surface area contributed by atoms with Crippen LogP contribution in [0.25, 0.3) is 0 Å². The number of hydrogen-bond donors (Lipinski definition) is 1. The molecule has 0 saturated heterocycles. The first kappa shape index (κ1) is 19.4. The van der Waals surface area contributed by atoms with Crippen LogP contribution in [0, 0.1) is 6.92 Å². The molecule has 0 aliphatic carbocycles. The summed E-state index contributed by atoms with van der Waals surface area (Å²) in [5.74, 6) is -1.23. The van der Waals surface area contributed by atoms with Crippen molar-refractivity contribution in [2.45, 2.75) is 18.4 Å². The Labute approximate surface area is 163 Å². The van der Waals surface area contributed by atoms with Crippen LogP contribution in [-0.4, -0.2) is 19.5 Å². The van der Waals surface area contributed by atoms with Crippen LogP contribution in [0.1, 0.15) is 21.5 Å². The van der Waals surface area contributed by atoms with Crippen LogP contribution in [0.3, 0.4) is 0 Å². The van der Waals surface area contributed by atoms with Gasteiger partial charge >= 0.3 is 16.1 Å². The van der Waals surface area contributed by atoms with Gasteiger partial charge in [0.25, 0.3) is 0 Å². The average Bonchev–Trinajstić information content (AvgIpc) is 2.67. The van der Waals surface area contributed by atoms with Gasteiger partial charge in [-0.05, 0) is 36.8 Å². The van der Waals surface area contributed by atoms with Gasteiger partial charge in [0.2, 0.25) is 0 Å². The predicted octanol–water partition coefficient (Wildman–Crippen LogP) is 4.04. The lowest BCUT2D eigenvalue weighted by atomic mass is 10.2. The molecule has 0 aliphatic rings. The monoisotopic (exact) mass is 398 g/mol. The van der Waals surface area contributed by atoms with Gasteiger partial charge < -0.3 is 14.0 Å². The molecule has 0 bridgehead atoms. The number of carboxylic acid groups (broad SMARTS) is 1. The van der Waals surface area contributed by atoms with Crippen molar-refractivity contribution in [3.63, 3.8) is 0 Å². The van der Waals surface area contributed by atoms with Crippen molar-refractivity contribution in [3.05, 3.63) is 89.5 Å². The third-order valence-corrected chi connectivity index (χ3v) is 5.20. The Bertz CT molecular complexity index is 1070. The molecule has 3 aromatic carbocycles. The maximum atomic E-state index is 12.4. The molecule has 28 heavy (non-hydrogen) atoms. The van der Waals surface area contributed by atoms with Crippen molar-refractivity contribution in [1.29, 1.82) is 0 Å². The molecule has 144 valence electrons. The van der Waals surface area contributed by atoms with Gasteiger partial charge in [-0.2, -0.15) is 8.42 Å². The highest BCUT2D eigenvalue weighted by Gasteiger charge is 2.19. The third-order valence-electron chi connectivity index (χ3n) is 3.93. The SMILES string of the molecule is Cc1ccc(S(=O)(=O)Oc2ccc(OCc3ccccc3)c(C(=O)O)c2)cc1. The topological polar surface area (TPSA) is 89.9 Å². The Morgan fingerprint density at radius 3 is 2.29 bits per heavy atom. The number of aryl methyl sites for hydroxylation is 1. The summed E-state index contributed by atoms with van der Waals surface area (Å²) >= 11 is 0. The van der Waals surface area contributed by atoms with Crippen molar-refractivity contribution in [1.82, 2.24) is 0 Å². The van der Waals surface area contributed by atoms with Gasteiger partial charge in [0.15, 0.2) is 0 Å². The standard InChI is InChI=1S/C21H18O6S/c1-15-7-10-18(11-8-15)28(24,25)27-17-9-12-20(19(13-17)21(22)23)26-14-16-5-3-2-4-6-16/h2-13H,14H2,1H3,(H,22,23). The molecule has 0 amide bonds. The third kappa shape index (κ3) is 4.69. The molecule has 3 aromatic rings. The second-order valence-corrected chi connectivity index (χ2v) is 7.63. The highest BCUT2D eigenvalue weighted by atomic mass is 32.2. The van der Waals surface area contributed by atoms with Gasteiger partial charge in [-0.25, -0.2) is 4.79 Å². The van der Waals surface area contributed by atoms with Gasteiger partial charge in [-0.15, -0.1) is 0 Å². The van der Waals surface area contributed by atoms with Crippen molar-refractivity contribution in [3.8, 4) is 11.5 Å².